The Hall–Kier alpha value is -1.81. The van der Waals surface area contributed by atoms with Crippen LogP contribution < -0.4 is 5.32 Å². The van der Waals surface area contributed by atoms with Crippen molar-refractivity contribution < 1.29 is 0 Å². The predicted octanol–water partition coefficient (Wildman–Crippen LogP) is 2.04. The van der Waals surface area contributed by atoms with Crippen molar-refractivity contribution in [1.82, 2.24) is 20.3 Å². The Kier molecular flexibility index (Phi) is 4.16. The molecule has 0 amide bonds. The van der Waals surface area contributed by atoms with Gasteiger partial charge < -0.3 is 5.32 Å². The third-order valence-electron chi connectivity index (χ3n) is 2.38. The van der Waals surface area contributed by atoms with E-state index in [1.54, 1.807) is 18.6 Å². The number of nitrogens with one attached hydrogen (secondary N) is 1. The van der Waals surface area contributed by atoms with E-state index in [2.05, 4.69) is 27.2 Å². The van der Waals surface area contributed by atoms with E-state index in [0.717, 1.165) is 36.6 Å². The molecule has 0 bridgehead atoms. The Morgan fingerprint density at radius 3 is 2.71 bits per heavy atom. The number of rotatable bonds is 5. The van der Waals surface area contributed by atoms with Gasteiger partial charge >= 0.3 is 0 Å². The molecule has 4 heteroatoms. The standard InChI is InChI=1S/C13H16N4/c1-2-6-15-10-12-5-9-16-13(17-12)11-3-7-14-8-4-11/h3-5,7-9,15H,2,6,10H2,1H3. The fourth-order valence-corrected chi connectivity index (χ4v) is 1.53. The third-order valence-corrected chi connectivity index (χ3v) is 2.38. The Morgan fingerprint density at radius 1 is 1.12 bits per heavy atom. The number of hydrogen-bond donors (Lipinski definition) is 1. The first-order valence-electron chi connectivity index (χ1n) is 5.83. The van der Waals surface area contributed by atoms with E-state index in [-0.39, 0.29) is 0 Å². The summed E-state index contributed by atoms with van der Waals surface area (Å²) in [5.41, 5.74) is 2.01. The molecule has 0 unspecified atom stereocenters. The van der Waals surface area contributed by atoms with E-state index >= 15 is 0 Å². The van der Waals surface area contributed by atoms with Crippen LogP contribution in [0.2, 0.25) is 0 Å². The quantitative estimate of drug-likeness (QED) is 0.796. The van der Waals surface area contributed by atoms with Crippen molar-refractivity contribution >= 4 is 0 Å². The van der Waals surface area contributed by atoms with Crippen molar-refractivity contribution in [2.24, 2.45) is 0 Å². The van der Waals surface area contributed by atoms with Gasteiger partial charge in [0.25, 0.3) is 0 Å². The number of hydrogen-bond acceptors (Lipinski definition) is 4. The van der Waals surface area contributed by atoms with Gasteiger partial charge in [0.2, 0.25) is 0 Å². The SMILES string of the molecule is CCCNCc1ccnc(-c2ccncc2)n1. The first-order chi connectivity index (χ1) is 8.40. The lowest BCUT2D eigenvalue weighted by molar-refractivity contribution is 0.663. The summed E-state index contributed by atoms with van der Waals surface area (Å²) < 4.78 is 0. The highest BCUT2D eigenvalue weighted by atomic mass is 14.9. The van der Waals surface area contributed by atoms with Crippen LogP contribution in [-0.2, 0) is 6.54 Å². The first-order valence-corrected chi connectivity index (χ1v) is 5.83. The fourth-order valence-electron chi connectivity index (χ4n) is 1.53. The van der Waals surface area contributed by atoms with Crippen LogP contribution in [0.15, 0.2) is 36.8 Å². The minimum absolute atomic E-state index is 0.753. The summed E-state index contributed by atoms with van der Waals surface area (Å²) in [5, 5.41) is 3.33. The van der Waals surface area contributed by atoms with Crippen LogP contribution in [0.5, 0.6) is 0 Å². The van der Waals surface area contributed by atoms with Crippen LogP contribution >= 0.6 is 0 Å². The highest BCUT2D eigenvalue weighted by Gasteiger charge is 2.01. The molecule has 0 atom stereocenters. The normalized spacial score (nSPS) is 10.4. The number of pyridine rings is 1. The Balaban J connectivity index is 2.12. The molecule has 0 saturated carbocycles. The minimum atomic E-state index is 0.753. The highest BCUT2D eigenvalue weighted by Crippen LogP contribution is 2.12. The van der Waals surface area contributed by atoms with Crippen molar-refractivity contribution in [1.29, 1.82) is 0 Å². The molecule has 1 N–H and O–H groups in total. The maximum absolute atomic E-state index is 4.51. The lowest BCUT2D eigenvalue weighted by atomic mass is 10.2. The summed E-state index contributed by atoms with van der Waals surface area (Å²) in [7, 11) is 0. The Bertz CT molecular complexity index is 456. The van der Waals surface area contributed by atoms with Crippen LogP contribution in [0.4, 0.5) is 0 Å². The van der Waals surface area contributed by atoms with Gasteiger partial charge in [-0.1, -0.05) is 6.92 Å². The topological polar surface area (TPSA) is 50.7 Å². The lowest BCUT2D eigenvalue weighted by Gasteiger charge is -2.04. The second-order valence-electron chi connectivity index (χ2n) is 3.78. The smallest absolute Gasteiger partial charge is 0.159 e. The van der Waals surface area contributed by atoms with Gasteiger partial charge in [0, 0.05) is 30.7 Å². The van der Waals surface area contributed by atoms with Crippen molar-refractivity contribution in [2.75, 3.05) is 6.54 Å². The van der Waals surface area contributed by atoms with Gasteiger partial charge in [-0.25, -0.2) is 9.97 Å². The van der Waals surface area contributed by atoms with Gasteiger partial charge in [0.1, 0.15) is 0 Å². The largest absolute Gasteiger partial charge is 0.311 e. The zero-order valence-corrected chi connectivity index (χ0v) is 9.93. The van der Waals surface area contributed by atoms with E-state index in [4.69, 9.17) is 0 Å². The molecule has 4 nitrogen and oxygen atoms in total. The van der Waals surface area contributed by atoms with Gasteiger partial charge in [-0.2, -0.15) is 0 Å². The molecule has 0 spiro atoms. The van der Waals surface area contributed by atoms with Gasteiger partial charge in [0.15, 0.2) is 5.82 Å². The second-order valence-corrected chi connectivity index (χ2v) is 3.78. The van der Waals surface area contributed by atoms with Gasteiger partial charge in [-0.15, -0.1) is 0 Å². The van der Waals surface area contributed by atoms with Gasteiger partial charge in [-0.3, -0.25) is 4.98 Å². The molecule has 17 heavy (non-hydrogen) atoms. The molecular formula is C13H16N4. The molecule has 0 radical (unpaired) electrons. The zero-order chi connectivity index (χ0) is 11.9. The van der Waals surface area contributed by atoms with E-state index in [1.165, 1.54) is 0 Å². The maximum Gasteiger partial charge on any atom is 0.159 e. The Labute approximate surface area is 101 Å². The Morgan fingerprint density at radius 2 is 1.94 bits per heavy atom. The average molecular weight is 228 g/mol. The average Bonchev–Trinajstić information content (AvgIpc) is 2.41. The van der Waals surface area contributed by atoms with Crippen molar-refractivity contribution in [3.8, 4) is 11.4 Å². The summed E-state index contributed by atoms with van der Waals surface area (Å²) in [6.07, 6.45) is 6.43. The second kappa shape index (κ2) is 6.06. The van der Waals surface area contributed by atoms with E-state index < -0.39 is 0 Å². The highest BCUT2D eigenvalue weighted by molar-refractivity contribution is 5.53. The van der Waals surface area contributed by atoms with Gasteiger partial charge in [0.05, 0.1) is 5.69 Å². The van der Waals surface area contributed by atoms with Crippen LogP contribution in [0, 0.1) is 0 Å². The summed E-state index contributed by atoms with van der Waals surface area (Å²) in [6, 6.07) is 5.77. The molecule has 0 fully saturated rings. The summed E-state index contributed by atoms with van der Waals surface area (Å²) in [5.74, 6) is 0.753. The van der Waals surface area contributed by atoms with Crippen LogP contribution in [0.1, 0.15) is 19.0 Å². The molecule has 0 aliphatic rings. The van der Waals surface area contributed by atoms with E-state index in [1.807, 2.05) is 18.2 Å². The van der Waals surface area contributed by atoms with E-state index in [9.17, 15) is 0 Å². The van der Waals surface area contributed by atoms with E-state index in [0.29, 0.717) is 0 Å². The fraction of sp³-hybridized carbons (Fsp3) is 0.308. The third kappa shape index (κ3) is 3.32. The molecule has 0 aliphatic heterocycles. The lowest BCUT2D eigenvalue weighted by Crippen LogP contribution is -2.15. The molecule has 0 aromatic carbocycles. The summed E-state index contributed by atoms with van der Waals surface area (Å²) in [6.45, 7) is 3.94. The summed E-state index contributed by atoms with van der Waals surface area (Å²) in [4.78, 5) is 12.8. The van der Waals surface area contributed by atoms with Crippen molar-refractivity contribution in [3.63, 3.8) is 0 Å². The van der Waals surface area contributed by atoms with Gasteiger partial charge in [-0.05, 0) is 31.2 Å². The number of nitrogens with zero attached hydrogens (tertiary/aromatic N) is 3. The van der Waals surface area contributed by atoms with Crippen molar-refractivity contribution in [3.05, 3.63) is 42.5 Å². The van der Waals surface area contributed by atoms with Crippen LogP contribution in [-0.4, -0.2) is 21.5 Å². The molecule has 0 saturated heterocycles. The number of aromatic nitrogens is 3. The predicted molar refractivity (Wildman–Crippen MR) is 67.3 cm³/mol. The molecule has 0 aliphatic carbocycles. The first kappa shape index (κ1) is 11.7. The molecule has 2 heterocycles. The molecule has 2 aromatic heterocycles. The zero-order valence-electron chi connectivity index (χ0n) is 9.93. The van der Waals surface area contributed by atoms with Crippen LogP contribution in [0.3, 0.4) is 0 Å². The molecule has 2 aromatic rings. The maximum atomic E-state index is 4.51. The molecule has 2 rings (SSSR count). The molecular weight excluding hydrogens is 212 g/mol. The minimum Gasteiger partial charge on any atom is -0.311 e. The van der Waals surface area contributed by atoms with Crippen LogP contribution in [0.25, 0.3) is 11.4 Å². The van der Waals surface area contributed by atoms with Crippen molar-refractivity contribution in [2.45, 2.75) is 19.9 Å². The summed E-state index contributed by atoms with van der Waals surface area (Å²) >= 11 is 0. The monoisotopic (exact) mass is 228 g/mol. The molecule has 88 valence electrons.